The van der Waals surface area contributed by atoms with Crippen LogP contribution in [0, 0.1) is 5.41 Å². The third-order valence-electron chi connectivity index (χ3n) is 2.36. The van der Waals surface area contributed by atoms with Gasteiger partial charge in [0.2, 0.25) is 5.91 Å². The van der Waals surface area contributed by atoms with Gasteiger partial charge in [-0.15, -0.1) is 0 Å². The summed E-state index contributed by atoms with van der Waals surface area (Å²) in [6.07, 6.45) is 1.10. The lowest BCUT2D eigenvalue weighted by Crippen LogP contribution is -2.40. The van der Waals surface area contributed by atoms with Crippen molar-refractivity contribution in [1.82, 2.24) is 5.32 Å². The Labute approximate surface area is 82.2 Å². The number of carbonyl (C=O) groups excluding carboxylic acids is 1. The average molecular weight is 234 g/mol. The minimum absolute atomic E-state index is 0.0816. The van der Waals surface area contributed by atoms with Gasteiger partial charge in [0.25, 0.3) is 0 Å². The van der Waals surface area contributed by atoms with Gasteiger partial charge in [-0.3, -0.25) is 4.79 Å². The Kier molecular flexibility index (Phi) is 2.28. The van der Waals surface area contributed by atoms with E-state index in [1.54, 1.807) is 0 Å². The largest absolute Gasteiger partial charge is 0.352 e. The van der Waals surface area contributed by atoms with Gasteiger partial charge in [0, 0.05) is 6.04 Å². The minimum atomic E-state index is -0.439. The van der Waals surface area contributed by atoms with Gasteiger partial charge < -0.3 is 5.32 Å². The molecule has 0 aromatic rings. The predicted molar refractivity (Wildman–Crippen MR) is 53.3 cm³/mol. The molecule has 0 heterocycles. The van der Waals surface area contributed by atoms with E-state index in [2.05, 4.69) is 35.1 Å². The summed E-state index contributed by atoms with van der Waals surface area (Å²) in [4.78, 5) is 11.4. The maximum absolute atomic E-state index is 11.4. The fourth-order valence-corrected chi connectivity index (χ4v) is 1.16. The number of amides is 1. The number of carbonyl (C=O) groups is 1. The van der Waals surface area contributed by atoms with Gasteiger partial charge in [0.15, 0.2) is 0 Å². The fraction of sp³-hybridized carbons (Fsp3) is 0.889. The van der Waals surface area contributed by atoms with Crippen LogP contribution in [0.25, 0.3) is 0 Å². The lowest BCUT2D eigenvalue weighted by atomic mass is 10.1. The van der Waals surface area contributed by atoms with E-state index in [0.717, 1.165) is 6.42 Å². The van der Waals surface area contributed by atoms with Crippen LogP contribution in [0.2, 0.25) is 0 Å². The molecule has 1 rings (SSSR count). The summed E-state index contributed by atoms with van der Waals surface area (Å²) in [5, 5.41) is 3.00. The number of hydrogen-bond donors (Lipinski definition) is 1. The molecule has 0 spiro atoms. The number of hydrogen-bond acceptors (Lipinski definition) is 1. The summed E-state index contributed by atoms with van der Waals surface area (Å²) in [6.45, 7) is 8.05. The van der Waals surface area contributed by atoms with Crippen molar-refractivity contribution in [2.45, 2.75) is 44.5 Å². The molecule has 70 valence electrons. The van der Waals surface area contributed by atoms with Crippen LogP contribution in [0.3, 0.4) is 0 Å². The average Bonchev–Trinajstić information content (AvgIpc) is 2.36. The molecule has 1 N–H and O–H groups in total. The fourth-order valence-electron chi connectivity index (χ4n) is 1.04. The molecule has 0 saturated heterocycles. The summed E-state index contributed by atoms with van der Waals surface area (Å²) >= 11 is 3.33. The Morgan fingerprint density at radius 2 is 2.00 bits per heavy atom. The van der Waals surface area contributed by atoms with Crippen LogP contribution in [0.1, 0.15) is 34.1 Å². The molecule has 1 amide bonds. The van der Waals surface area contributed by atoms with E-state index in [9.17, 15) is 4.79 Å². The van der Waals surface area contributed by atoms with Crippen molar-refractivity contribution in [3.05, 3.63) is 0 Å². The van der Waals surface area contributed by atoms with Crippen LogP contribution in [-0.4, -0.2) is 16.3 Å². The first-order chi connectivity index (χ1) is 5.23. The van der Waals surface area contributed by atoms with E-state index in [-0.39, 0.29) is 5.91 Å². The quantitative estimate of drug-likeness (QED) is 0.728. The lowest BCUT2D eigenvalue weighted by Gasteiger charge is -2.16. The smallest absolute Gasteiger partial charge is 0.236 e. The SMILES string of the molecule is CC(C)(Br)C(=O)NC1CC1(C)C. The minimum Gasteiger partial charge on any atom is -0.352 e. The Balaban J connectivity index is 2.40. The molecule has 12 heavy (non-hydrogen) atoms. The van der Waals surface area contributed by atoms with Gasteiger partial charge >= 0.3 is 0 Å². The molecule has 0 aromatic carbocycles. The third kappa shape index (κ3) is 2.22. The highest BCUT2D eigenvalue weighted by molar-refractivity contribution is 9.10. The topological polar surface area (TPSA) is 29.1 Å². The summed E-state index contributed by atoms with van der Waals surface area (Å²) < 4.78 is -0.439. The van der Waals surface area contributed by atoms with Crippen molar-refractivity contribution in [1.29, 1.82) is 0 Å². The summed E-state index contributed by atoms with van der Waals surface area (Å²) in [6, 6.07) is 0.377. The molecule has 0 aliphatic heterocycles. The highest BCUT2D eigenvalue weighted by atomic mass is 79.9. The van der Waals surface area contributed by atoms with Gasteiger partial charge in [-0.2, -0.15) is 0 Å². The first kappa shape index (κ1) is 10.0. The monoisotopic (exact) mass is 233 g/mol. The van der Waals surface area contributed by atoms with Gasteiger partial charge in [-0.25, -0.2) is 0 Å². The Morgan fingerprint density at radius 1 is 1.58 bits per heavy atom. The predicted octanol–water partition coefficient (Wildman–Crippen LogP) is 2.07. The zero-order valence-corrected chi connectivity index (χ0v) is 9.66. The molecule has 0 radical (unpaired) electrons. The first-order valence-corrected chi connectivity index (χ1v) is 5.03. The lowest BCUT2D eigenvalue weighted by molar-refractivity contribution is -0.122. The summed E-state index contributed by atoms with van der Waals surface area (Å²) in [5.41, 5.74) is 0.313. The zero-order chi connectivity index (χ0) is 9.57. The van der Waals surface area contributed by atoms with E-state index < -0.39 is 4.32 Å². The van der Waals surface area contributed by atoms with E-state index in [0.29, 0.717) is 11.5 Å². The van der Waals surface area contributed by atoms with Crippen molar-refractivity contribution in [3.8, 4) is 0 Å². The van der Waals surface area contributed by atoms with E-state index in [1.807, 2.05) is 13.8 Å². The maximum atomic E-state index is 11.4. The van der Waals surface area contributed by atoms with Gasteiger partial charge in [-0.1, -0.05) is 29.8 Å². The number of nitrogens with one attached hydrogen (secondary N) is 1. The van der Waals surface area contributed by atoms with Crippen LogP contribution in [0.5, 0.6) is 0 Å². The molecule has 1 atom stereocenters. The third-order valence-corrected chi connectivity index (χ3v) is 2.72. The first-order valence-electron chi connectivity index (χ1n) is 4.23. The van der Waals surface area contributed by atoms with Crippen LogP contribution in [-0.2, 0) is 4.79 Å². The van der Waals surface area contributed by atoms with E-state index in [1.165, 1.54) is 0 Å². The Morgan fingerprint density at radius 3 is 2.25 bits per heavy atom. The van der Waals surface area contributed by atoms with Crippen molar-refractivity contribution < 1.29 is 4.79 Å². The Hall–Kier alpha value is -0.0500. The molecule has 1 aliphatic rings. The van der Waals surface area contributed by atoms with E-state index >= 15 is 0 Å². The van der Waals surface area contributed by atoms with Crippen LogP contribution >= 0.6 is 15.9 Å². The molecule has 3 heteroatoms. The van der Waals surface area contributed by atoms with Crippen LogP contribution in [0.15, 0.2) is 0 Å². The highest BCUT2D eigenvalue weighted by Crippen LogP contribution is 2.44. The van der Waals surface area contributed by atoms with Gasteiger partial charge in [0.05, 0.1) is 4.32 Å². The normalized spacial score (nSPS) is 26.6. The highest BCUT2D eigenvalue weighted by Gasteiger charge is 2.47. The molecular formula is C9H16BrNO. The second-order valence-corrected chi connectivity index (χ2v) is 6.67. The molecule has 1 fully saturated rings. The molecular weight excluding hydrogens is 218 g/mol. The summed E-state index contributed by atoms with van der Waals surface area (Å²) in [7, 11) is 0. The zero-order valence-electron chi connectivity index (χ0n) is 8.07. The second kappa shape index (κ2) is 2.72. The number of alkyl halides is 1. The molecule has 1 aliphatic carbocycles. The molecule has 0 bridgehead atoms. The summed E-state index contributed by atoms with van der Waals surface area (Å²) in [5.74, 6) is 0.0816. The number of rotatable bonds is 2. The maximum Gasteiger partial charge on any atom is 0.236 e. The second-order valence-electron chi connectivity index (χ2n) is 4.69. The van der Waals surface area contributed by atoms with E-state index in [4.69, 9.17) is 0 Å². The van der Waals surface area contributed by atoms with Crippen LogP contribution in [0.4, 0.5) is 0 Å². The van der Waals surface area contributed by atoms with Crippen molar-refractivity contribution in [2.24, 2.45) is 5.41 Å². The molecule has 2 nitrogen and oxygen atoms in total. The van der Waals surface area contributed by atoms with Crippen LogP contribution < -0.4 is 5.32 Å². The Bertz CT molecular complexity index is 205. The van der Waals surface area contributed by atoms with Crippen molar-refractivity contribution >= 4 is 21.8 Å². The standard InChI is InChI=1S/C9H16BrNO/c1-8(2)5-6(8)11-7(12)9(3,4)10/h6H,5H2,1-4H3,(H,11,12). The van der Waals surface area contributed by atoms with Crippen molar-refractivity contribution in [2.75, 3.05) is 0 Å². The molecule has 0 aromatic heterocycles. The molecule has 1 unspecified atom stereocenters. The molecule has 1 saturated carbocycles. The number of halogens is 1. The van der Waals surface area contributed by atoms with Gasteiger partial charge in [0.1, 0.15) is 0 Å². The van der Waals surface area contributed by atoms with Gasteiger partial charge in [-0.05, 0) is 25.7 Å². The van der Waals surface area contributed by atoms with Crippen molar-refractivity contribution in [3.63, 3.8) is 0 Å².